The lowest BCUT2D eigenvalue weighted by molar-refractivity contribution is 0.355. The number of sulfonamides is 1. The van der Waals surface area contributed by atoms with E-state index in [1.807, 2.05) is 4.40 Å². The van der Waals surface area contributed by atoms with Gasteiger partial charge in [0, 0.05) is 12.1 Å². The van der Waals surface area contributed by atoms with Crippen LogP contribution >= 0.6 is 23.2 Å². The van der Waals surface area contributed by atoms with E-state index < -0.39 is 10.0 Å². The first-order valence-electron chi connectivity index (χ1n) is 8.39. The van der Waals surface area contributed by atoms with Gasteiger partial charge in [0.05, 0.1) is 58.4 Å². The van der Waals surface area contributed by atoms with Gasteiger partial charge in [-0.2, -0.15) is 0 Å². The summed E-state index contributed by atoms with van der Waals surface area (Å²) in [6, 6.07) is 5.95. The Kier molecular flexibility index (Phi) is 5.10. The molecule has 2 aromatic heterocycles. The average Bonchev–Trinajstić information content (AvgIpc) is 3.19. The Morgan fingerprint density at radius 1 is 1.03 bits per heavy atom. The van der Waals surface area contributed by atoms with Gasteiger partial charge in [0.2, 0.25) is 10.0 Å². The molecule has 0 aliphatic heterocycles. The summed E-state index contributed by atoms with van der Waals surface area (Å²) in [6.45, 7) is 0. The smallest absolute Gasteiger partial charge is 0.238 e. The van der Waals surface area contributed by atoms with Crippen LogP contribution in [-0.2, 0) is 10.0 Å². The number of nitrogens with zero attached hydrogens (tertiary/aromatic N) is 3. The van der Waals surface area contributed by atoms with Gasteiger partial charge in [0.15, 0.2) is 17.3 Å². The molecule has 0 spiro atoms. The molecule has 0 fully saturated rings. The minimum absolute atomic E-state index is 0.0680. The highest BCUT2D eigenvalue weighted by Crippen LogP contribution is 2.37. The lowest BCUT2D eigenvalue weighted by Crippen LogP contribution is -2.12. The van der Waals surface area contributed by atoms with Crippen LogP contribution in [0.15, 0.2) is 41.7 Å². The number of anilines is 2. The van der Waals surface area contributed by atoms with Crippen LogP contribution in [0.4, 0.5) is 11.5 Å². The van der Waals surface area contributed by atoms with E-state index in [-0.39, 0.29) is 20.6 Å². The quantitative estimate of drug-likeness (QED) is 0.459. The number of hydrogen-bond donors (Lipinski definition) is 2. The number of aromatic nitrogens is 3. The van der Waals surface area contributed by atoms with Crippen molar-refractivity contribution < 1.29 is 17.9 Å². The Bertz CT molecular complexity index is 1380. The summed E-state index contributed by atoms with van der Waals surface area (Å²) >= 11 is 12.5. The van der Waals surface area contributed by atoms with Gasteiger partial charge < -0.3 is 14.8 Å². The molecule has 3 N–H and O–H groups in total. The number of benzene rings is 2. The fourth-order valence-electron chi connectivity index (χ4n) is 3.02. The molecule has 0 aliphatic rings. The molecule has 4 rings (SSSR count). The summed E-state index contributed by atoms with van der Waals surface area (Å²) in [6.07, 6.45) is 3.25. The van der Waals surface area contributed by atoms with Gasteiger partial charge in [-0.1, -0.05) is 23.2 Å². The Morgan fingerprint density at radius 2 is 1.67 bits per heavy atom. The van der Waals surface area contributed by atoms with Gasteiger partial charge in [-0.05, 0) is 12.1 Å². The second-order valence-corrected chi connectivity index (χ2v) is 8.61. The Hall–Kier alpha value is -2.79. The number of methoxy groups -OCH3 is 2. The van der Waals surface area contributed by atoms with Crippen molar-refractivity contribution in [3.8, 4) is 11.5 Å². The molecule has 0 amide bonds. The highest BCUT2D eigenvalue weighted by Gasteiger charge is 2.18. The summed E-state index contributed by atoms with van der Waals surface area (Å²) in [5.41, 5.74) is 2.25. The minimum atomic E-state index is -3.96. The Labute approximate surface area is 181 Å². The minimum Gasteiger partial charge on any atom is -0.493 e. The first-order chi connectivity index (χ1) is 14.2. The average molecular weight is 468 g/mol. The fourth-order valence-corrected chi connectivity index (χ4v) is 4.30. The van der Waals surface area contributed by atoms with E-state index in [0.29, 0.717) is 28.4 Å². The number of imidazole rings is 1. The van der Waals surface area contributed by atoms with Crippen molar-refractivity contribution in [3.63, 3.8) is 0 Å². The molecule has 12 heteroatoms. The Morgan fingerprint density at radius 3 is 2.27 bits per heavy atom. The molecule has 0 saturated carbocycles. The van der Waals surface area contributed by atoms with Crippen molar-refractivity contribution >= 4 is 61.3 Å². The predicted molar refractivity (Wildman–Crippen MR) is 115 cm³/mol. The van der Waals surface area contributed by atoms with E-state index in [4.69, 9.17) is 37.8 Å². The standard InChI is InChI=1S/C18H15Cl2N5O4S/c1-28-15-5-12-13(6-16(15)29-2)25-8-22-7-14(25)18(23-12)24-17-10(19)3-9(4-11(17)20)30(21,26)27/h3-8H,1-2H3,(H,23,24)(H2,21,26,27). The summed E-state index contributed by atoms with van der Waals surface area (Å²) in [5, 5.41) is 8.36. The van der Waals surface area contributed by atoms with E-state index in [1.165, 1.54) is 19.2 Å². The van der Waals surface area contributed by atoms with Crippen molar-refractivity contribution in [3.05, 3.63) is 46.8 Å². The zero-order valence-corrected chi connectivity index (χ0v) is 18.0. The molecule has 156 valence electrons. The van der Waals surface area contributed by atoms with E-state index in [9.17, 15) is 8.42 Å². The number of fused-ring (bicyclic) bond motifs is 3. The fraction of sp³-hybridized carbons (Fsp3) is 0.111. The van der Waals surface area contributed by atoms with Crippen LogP contribution < -0.4 is 19.9 Å². The second kappa shape index (κ2) is 7.47. The monoisotopic (exact) mass is 467 g/mol. The predicted octanol–water partition coefficient (Wildman–Crippen LogP) is 3.60. The second-order valence-electron chi connectivity index (χ2n) is 6.24. The van der Waals surface area contributed by atoms with Gasteiger partial charge in [0.25, 0.3) is 0 Å². The van der Waals surface area contributed by atoms with Crippen LogP contribution in [0.25, 0.3) is 16.6 Å². The molecule has 0 aliphatic carbocycles. The summed E-state index contributed by atoms with van der Waals surface area (Å²) in [4.78, 5) is 8.64. The van der Waals surface area contributed by atoms with Crippen molar-refractivity contribution in [2.45, 2.75) is 4.90 Å². The van der Waals surface area contributed by atoms with E-state index >= 15 is 0 Å². The number of ether oxygens (including phenoxy) is 2. The topological polar surface area (TPSA) is 121 Å². The van der Waals surface area contributed by atoms with Crippen LogP contribution in [0.5, 0.6) is 11.5 Å². The normalized spacial score (nSPS) is 11.8. The SMILES string of the molecule is COc1cc2nc(Nc3c(Cl)cc(S(N)(=O)=O)cc3Cl)c3cncn3c2cc1OC. The highest BCUT2D eigenvalue weighted by atomic mass is 35.5. The van der Waals surface area contributed by atoms with Crippen LogP contribution in [0.2, 0.25) is 10.0 Å². The lowest BCUT2D eigenvalue weighted by atomic mass is 10.2. The molecule has 30 heavy (non-hydrogen) atoms. The van der Waals surface area contributed by atoms with Crippen LogP contribution in [0.1, 0.15) is 0 Å². The number of hydrogen-bond acceptors (Lipinski definition) is 7. The first-order valence-corrected chi connectivity index (χ1v) is 10.7. The molecular weight excluding hydrogens is 453 g/mol. The van der Waals surface area contributed by atoms with Crippen molar-refractivity contribution in [2.24, 2.45) is 5.14 Å². The highest BCUT2D eigenvalue weighted by molar-refractivity contribution is 7.89. The van der Waals surface area contributed by atoms with Crippen LogP contribution in [-0.4, -0.2) is 37.0 Å². The summed E-state index contributed by atoms with van der Waals surface area (Å²) in [7, 11) is -0.877. The number of halogens is 2. The number of nitrogens with one attached hydrogen (secondary N) is 1. The van der Waals surface area contributed by atoms with Crippen molar-refractivity contribution in [2.75, 3.05) is 19.5 Å². The maximum atomic E-state index is 11.6. The van der Waals surface area contributed by atoms with Gasteiger partial charge in [-0.25, -0.2) is 23.5 Å². The number of nitrogens with two attached hydrogens (primary N) is 1. The largest absolute Gasteiger partial charge is 0.493 e. The maximum Gasteiger partial charge on any atom is 0.238 e. The zero-order valence-electron chi connectivity index (χ0n) is 15.7. The zero-order chi connectivity index (χ0) is 21.6. The number of rotatable bonds is 5. The Balaban J connectivity index is 1.90. The third-order valence-electron chi connectivity index (χ3n) is 4.44. The van der Waals surface area contributed by atoms with Gasteiger partial charge in [0.1, 0.15) is 5.52 Å². The third-order valence-corrected chi connectivity index (χ3v) is 5.93. The van der Waals surface area contributed by atoms with E-state index in [2.05, 4.69) is 15.3 Å². The molecule has 0 saturated heterocycles. The number of primary sulfonamides is 1. The molecule has 9 nitrogen and oxygen atoms in total. The molecule has 2 aromatic carbocycles. The summed E-state index contributed by atoms with van der Waals surface area (Å²) < 4.78 is 35.7. The molecule has 4 aromatic rings. The van der Waals surface area contributed by atoms with Gasteiger partial charge in [-0.15, -0.1) is 0 Å². The van der Waals surface area contributed by atoms with E-state index in [1.54, 1.807) is 31.8 Å². The van der Waals surface area contributed by atoms with Gasteiger partial charge >= 0.3 is 0 Å². The van der Waals surface area contributed by atoms with Crippen LogP contribution in [0, 0.1) is 0 Å². The molecule has 0 unspecified atom stereocenters. The molecule has 0 bridgehead atoms. The van der Waals surface area contributed by atoms with Crippen LogP contribution in [0.3, 0.4) is 0 Å². The van der Waals surface area contributed by atoms with Crippen molar-refractivity contribution in [1.82, 2.24) is 14.4 Å². The first kappa shape index (κ1) is 20.5. The summed E-state index contributed by atoms with van der Waals surface area (Å²) in [5.74, 6) is 1.46. The van der Waals surface area contributed by atoms with Crippen molar-refractivity contribution in [1.29, 1.82) is 0 Å². The molecule has 0 atom stereocenters. The molecule has 2 heterocycles. The van der Waals surface area contributed by atoms with Gasteiger partial charge in [-0.3, -0.25) is 4.40 Å². The maximum absolute atomic E-state index is 11.6. The molecule has 0 radical (unpaired) electrons. The molecular formula is C18H15Cl2N5O4S. The lowest BCUT2D eigenvalue weighted by Gasteiger charge is -2.15. The third kappa shape index (κ3) is 3.47. The van der Waals surface area contributed by atoms with E-state index in [0.717, 1.165) is 5.52 Å².